The van der Waals surface area contributed by atoms with Gasteiger partial charge in [-0.15, -0.1) is 10.2 Å². The molecule has 0 saturated heterocycles. The maximum Gasteiger partial charge on any atom is 0.337 e. The Kier molecular flexibility index (Phi) is 4.05. The molecule has 3 aromatic rings. The summed E-state index contributed by atoms with van der Waals surface area (Å²) < 4.78 is 6.73. The van der Waals surface area contributed by atoms with Gasteiger partial charge in [0.2, 0.25) is 0 Å². The summed E-state index contributed by atoms with van der Waals surface area (Å²) in [6.07, 6.45) is 1.64. The van der Waals surface area contributed by atoms with Crippen molar-refractivity contribution in [3.63, 3.8) is 0 Å². The molecule has 2 heterocycles. The normalized spacial score (nSPS) is 15.5. The van der Waals surface area contributed by atoms with Gasteiger partial charge in [-0.2, -0.15) is 0 Å². The van der Waals surface area contributed by atoms with Crippen LogP contribution in [0.15, 0.2) is 53.8 Å². The Balaban J connectivity index is 2.01. The molecule has 6 nitrogen and oxygen atoms in total. The topological polar surface area (TPSA) is 69.4 Å². The van der Waals surface area contributed by atoms with Crippen LogP contribution in [0.3, 0.4) is 0 Å². The van der Waals surface area contributed by atoms with Crippen molar-refractivity contribution in [2.75, 3.05) is 7.11 Å². The Hall–Kier alpha value is -2.99. The number of methoxy groups -OCH3 is 1. The molecule has 0 aliphatic carbocycles. The lowest BCUT2D eigenvalue weighted by Gasteiger charge is -2.18. The smallest absolute Gasteiger partial charge is 0.337 e. The maximum absolute atomic E-state index is 12.0. The quantitative estimate of drug-likeness (QED) is 0.649. The highest BCUT2D eigenvalue weighted by atomic mass is 35.5. The van der Waals surface area contributed by atoms with Crippen LogP contribution < -0.4 is 0 Å². The van der Waals surface area contributed by atoms with E-state index < -0.39 is 5.97 Å². The number of aliphatic imine (C=N–C) groups is 1. The number of hydrogen-bond acceptors (Lipinski definition) is 5. The van der Waals surface area contributed by atoms with Crippen molar-refractivity contribution in [2.24, 2.45) is 4.99 Å². The Morgan fingerprint density at radius 3 is 2.77 bits per heavy atom. The summed E-state index contributed by atoms with van der Waals surface area (Å²) in [4.78, 5) is 16.9. The summed E-state index contributed by atoms with van der Waals surface area (Å²) in [7, 11) is 1.36. The third-order valence-corrected chi connectivity index (χ3v) is 4.74. The van der Waals surface area contributed by atoms with Crippen LogP contribution in [-0.2, 0) is 4.74 Å². The predicted octanol–water partition coefficient (Wildman–Crippen LogP) is 3.62. The lowest BCUT2D eigenvalue weighted by atomic mass is 9.95. The Bertz CT molecular complexity index is 1040. The number of ether oxygens (including phenoxy) is 1. The highest BCUT2D eigenvalue weighted by Gasteiger charge is 2.27. The van der Waals surface area contributed by atoms with E-state index in [2.05, 4.69) is 10.2 Å². The molecule has 0 radical (unpaired) electrons. The number of halogens is 1. The van der Waals surface area contributed by atoms with Gasteiger partial charge >= 0.3 is 5.97 Å². The number of hydrogen-bond donors (Lipinski definition) is 0. The van der Waals surface area contributed by atoms with Crippen molar-refractivity contribution in [1.82, 2.24) is 14.8 Å². The lowest BCUT2D eigenvalue weighted by molar-refractivity contribution is 0.0600. The van der Waals surface area contributed by atoms with Crippen LogP contribution in [0.4, 0.5) is 0 Å². The average molecular weight is 367 g/mol. The molecule has 26 heavy (non-hydrogen) atoms. The van der Waals surface area contributed by atoms with Gasteiger partial charge in [0.25, 0.3) is 0 Å². The fourth-order valence-corrected chi connectivity index (χ4v) is 3.39. The van der Waals surface area contributed by atoms with E-state index in [0.29, 0.717) is 16.4 Å². The molecule has 7 heteroatoms. The van der Waals surface area contributed by atoms with Crippen LogP contribution in [0, 0.1) is 0 Å². The van der Waals surface area contributed by atoms with Gasteiger partial charge in [-0.25, -0.2) is 4.79 Å². The molecule has 0 spiro atoms. The number of nitrogens with zero attached hydrogens (tertiary/aromatic N) is 4. The number of rotatable bonds is 2. The Morgan fingerprint density at radius 1 is 1.19 bits per heavy atom. The number of carbonyl (C=O) groups excluding carboxylic acids is 1. The molecular weight excluding hydrogens is 352 g/mol. The minimum absolute atomic E-state index is 0.370. The van der Waals surface area contributed by atoms with Gasteiger partial charge in [-0.1, -0.05) is 29.8 Å². The molecule has 130 valence electrons. The largest absolute Gasteiger partial charge is 0.465 e. The molecule has 0 fully saturated rings. The van der Waals surface area contributed by atoms with E-state index in [4.69, 9.17) is 21.3 Å². The molecule has 1 aliphatic rings. The molecule has 0 bridgehead atoms. The van der Waals surface area contributed by atoms with Crippen molar-refractivity contribution in [2.45, 2.75) is 13.0 Å². The standard InChI is InChI=1S/C19H15ClN4O2/c1-11-18-23-21-10-24(18)16-8-7-12(19(25)26-2)9-14(16)17(22-11)13-5-3-4-6-15(13)20/h3-10,17H,1-2H3. The summed E-state index contributed by atoms with van der Waals surface area (Å²) >= 11 is 6.44. The Morgan fingerprint density at radius 2 is 2.00 bits per heavy atom. The zero-order valence-electron chi connectivity index (χ0n) is 14.2. The fourth-order valence-electron chi connectivity index (χ4n) is 3.15. The molecule has 2 aromatic carbocycles. The SMILES string of the molecule is COC(=O)c1ccc2c(c1)C(c1ccccc1Cl)N=C(C)c1nncn1-2. The van der Waals surface area contributed by atoms with Crippen molar-refractivity contribution in [3.05, 3.63) is 76.3 Å². The van der Waals surface area contributed by atoms with Crippen LogP contribution in [0.25, 0.3) is 5.69 Å². The first-order valence-corrected chi connectivity index (χ1v) is 8.40. The summed E-state index contributed by atoms with van der Waals surface area (Å²) in [5, 5.41) is 8.79. The van der Waals surface area contributed by atoms with Crippen LogP contribution in [0.2, 0.25) is 5.02 Å². The minimum Gasteiger partial charge on any atom is -0.465 e. The average Bonchev–Trinajstić information content (AvgIpc) is 3.11. The van der Waals surface area contributed by atoms with Gasteiger partial charge in [0.05, 0.1) is 24.1 Å². The summed E-state index contributed by atoms with van der Waals surface area (Å²) in [5.41, 5.74) is 3.73. The highest BCUT2D eigenvalue weighted by Crippen LogP contribution is 2.37. The second-order valence-electron chi connectivity index (χ2n) is 5.93. The van der Waals surface area contributed by atoms with Crippen molar-refractivity contribution in [3.8, 4) is 5.69 Å². The van der Waals surface area contributed by atoms with E-state index in [9.17, 15) is 4.79 Å². The number of carbonyl (C=O) groups is 1. The third kappa shape index (κ3) is 2.59. The van der Waals surface area contributed by atoms with E-state index in [1.807, 2.05) is 41.8 Å². The number of benzene rings is 2. The number of esters is 1. The lowest BCUT2D eigenvalue weighted by Crippen LogP contribution is -2.08. The van der Waals surface area contributed by atoms with Crippen molar-refractivity contribution < 1.29 is 9.53 Å². The molecular formula is C19H15ClN4O2. The van der Waals surface area contributed by atoms with E-state index in [1.54, 1.807) is 18.5 Å². The van der Waals surface area contributed by atoms with Crippen LogP contribution >= 0.6 is 11.6 Å². The summed E-state index contributed by atoms with van der Waals surface area (Å²) in [6, 6.07) is 12.6. The first-order chi connectivity index (χ1) is 12.6. The molecule has 0 saturated carbocycles. The Labute approximate surface area is 155 Å². The molecule has 0 amide bonds. The van der Waals surface area contributed by atoms with E-state index >= 15 is 0 Å². The molecule has 1 aliphatic heterocycles. The summed E-state index contributed by atoms with van der Waals surface area (Å²) in [5.74, 6) is 0.256. The molecule has 1 aromatic heterocycles. The van der Waals surface area contributed by atoms with E-state index in [-0.39, 0.29) is 6.04 Å². The first kappa shape index (κ1) is 16.5. The molecule has 0 N–H and O–H groups in total. The second-order valence-corrected chi connectivity index (χ2v) is 6.34. The van der Waals surface area contributed by atoms with Gasteiger partial charge in [-0.05, 0) is 36.8 Å². The van der Waals surface area contributed by atoms with Crippen LogP contribution in [0.1, 0.15) is 40.3 Å². The third-order valence-electron chi connectivity index (χ3n) is 4.40. The van der Waals surface area contributed by atoms with Gasteiger partial charge in [-0.3, -0.25) is 9.56 Å². The van der Waals surface area contributed by atoms with E-state index in [1.165, 1.54) is 7.11 Å². The number of fused-ring (bicyclic) bond motifs is 3. The zero-order chi connectivity index (χ0) is 18.3. The minimum atomic E-state index is -0.403. The molecule has 1 atom stereocenters. The monoisotopic (exact) mass is 366 g/mol. The van der Waals surface area contributed by atoms with Crippen LogP contribution in [-0.4, -0.2) is 33.6 Å². The van der Waals surface area contributed by atoms with E-state index in [0.717, 1.165) is 22.5 Å². The van der Waals surface area contributed by atoms with Gasteiger partial charge in [0.15, 0.2) is 5.82 Å². The van der Waals surface area contributed by atoms with Crippen LogP contribution in [0.5, 0.6) is 0 Å². The van der Waals surface area contributed by atoms with Gasteiger partial charge < -0.3 is 4.74 Å². The number of aromatic nitrogens is 3. The van der Waals surface area contributed by atoms with Gasteiger partial charge in [0.1, 0.15) is 12.4 Å². The van der Waals surface area contributed by atoms with Gasteiger partial charge in [0, 0.05) is 10.6 Å². The highest BCUT2D eigenvalue weighted by molar-refractivity contribution is 6.31. The molecule has 1 unspecified atom stereocenters. The maximum atomic E-state index is 12.0. The van der Waals surface area contributed by atoms with Crippen molar-refractivity contribution >= 4 is 23.3 Å². The first-order valence-electron chi connectivity index (χ1n) is 8.02. The zero-order valence-corrected chi connectivity index (χ0v) is 14.9. The summed E-state index contributed by atoms with van der Waals surface area (Å²) in [6.45, 7) is 1.89. The second kappa shape index (κ2) is 6.38. The van der Waals surface area contributed by atoms with Crippen molar-refractivity contribution in [1.29, 1.82) is 0 Å². The fraction of sp³-hybridized carbons (Fsp3) is 0.158. The predicted molar refractivity (Wildman–Crippen MR) is 98.2 cm³/mol. The molecule has 4 rings (SSSR count).